The zero-order valence-electron chi connectivity index (χ0n) is 19.8. The minimum atomic E-state index is -0.355. The molecule has 7 nitrogen and oxygen atoms in total. The van der Waals surface area contributed by atoms with Crippen molar-refractivity contribution < 1.29 is 18.7 Å². The summed E-state index contributed by atoms with van der Waals surface area (Å²) >= 11 is 0. The molecule has 0 saturated heterocycles. The standard InChI is InChI=1S/C29H27N3O4/c33-28(20-36-25-7-3-6-24(17-25)31-29(34)27-9-4-16-35-27)30-18-21-10-12-22(13-11-21)19-32-15-14-23-5-1-2-8-26(23)32/h1-13,16-17H,14-15,18-20H2,(H,30,33)(H,31,34). The van der Waals surface area contributed by atoms with Crippen molar-refractivity contribution in [3.8, 4) is 5.75 Å². The monoisotopic (exact) mass is 481 g/mol. The second kappa shape index (κ2) is 10.8. The van der Waals surface area contributed by atoms with Gasteiger partial charge < -0.3 is 24.7 Å². The summed E-state index contributed by atoms with van der Waals surface area (Å²) in [6.45, 7) is 2.21. The van der Waals surface area contributed by atoms with Crippen LogP contribution in [0.15, 0.2) is 95.6 Å². The summed E-state index contributed by atoms with van der Waals surface area (Å²) in [5, 5.41) is 5.62. The SMILES string of the molecule is O=C(COc1cccc(NC(=O)c2ccco2)c1)NCc1ccc(CN2CCc3ccccc32)cc1. The van der Waals surface area contributed by atoms with E-state index in [9.17, 15) is 9.59 Å². The Bertz CT molecular complexity index is 1330. The number of hydrogen-bond acceptors (Lipinski definition) is 5. The molecule has 182 valence electrons. The van der Waals surface area contributed by atoms with Crippen LogP contribution in [0.2, 0.25) is 0 Å². The van der Waals surface area contributed by atoms with E-state index in [1.807, 2.05) is 12.1 Å². The second-order valence-corrected chi connectivity index (χ2v) is 8.64. The highest BCUT2D eigenvalue weighted by atomic mass is 16.5. The molecular formula is C29H27N3O4. The Morgan fingerprint density at radius 2 is 1.75 bits per heavy atom. The van der Waals surface area contributed by atoms with Gasteiger partial charge in [-0.05, 0) is 53.4 Å². The van der Waals surface area contributed by atoms with Crippen LogP contribution in [-0.2, 0) is 24.3 Å². The minimum absolute atomic E-state index is 0.123. The lowest BCUT2D eigenvalue weighted by atomic mass is 10.1. The Balaban J connectivity index is 1.07. The normalized spacial score (nSPS) is 12.2. The van der Waals surface area contributed by atoms with E-state index in [0.717, 1.165) is 25.1 Å². The Kier molecular flexibility index (Phi) is 6.98. The van der Waals surface area contributed by atoms with Crippen molar-refractivity contribution in [3.63, 3.8) is 0 Å². The topological polar surface area (TPSA) is 83.8 Å². The molecule has 2 heterocycles. The van der Waals surface area contributed by atoms with Gasteiger partial charge in [-0.1, -0.05) is 48.5 Å². The molecule has 1 aliphatic heterocycles. The van der Waals surface area contributed by atoms with Crippen molar-refractivity contribution in [2.24, 2.45) is 0 Å². The average Bonchev–Trinajstić information content (AvgIpc) is 3.58. The van der Waals surface area contributed by atoms with E-state index in [1.165, 1.54) is 23.1 Å². The number of ether oxygens (including phenoxy) is 1. The molecular weight excluding hydrogens is 454 g/mol. The van der Waals surface area contributed by atoms with Crippen molar-refractivity contribution in [3.05, 3.63) is 114 Å². The van der Waals surface area contributed by atoms with E-state index in [1.54, 1.807) is 36.4 Å². The Hall–Kier alpha value is -4.52. The van der Waals surface area contributed by atoms with E-state index < -0.39 is 0 Å². The number of rotatable bonds is 9. The van der Waals surface area contributed by atoms with Crippen LogP contribution in [0.5, 0.6) is 5.75 Å². The number of benzene rings is 3. The number of carbonyl (C=O) groups is 2. The summed E-state index contributed by atoms with van der Waals surface area (Å²) in [6, 6.07) is 27.0. The van der Waals surface area contributed by atoms with E-state index in [-0.39, 0.29) is 24.2 Å². The fourth-order valence-electron chi connectivity index (χ4n) is 4.22. The van der Waals surface area contributed by atoms with Crippen LogP contribution in [0.4, 0.5) is 11.4 Å². The Morgan fingerprint density at radius 1 is 0.917 bits per heavy atom. The lowest BCUT2D eigenvalue weighted by Crippen LogP contribution is -2.28. The number of para-hydroxylation sites is 1. The number of amides is 2. The third-order valence-electron chi connectivity index (χ3n) is 6.08. The molecule has 0 radical (unpaired) electrons. The molecule has 0 fully saturated rings. The lowest BCUT2D eigenvalue weighted by molar-refractivity contribution is -0.123. The Morgan fingerprint density at radius 3 is 2.58 bits per heavy atom. The highest BCUT2D eigenvalue weighted by molar-refractivity contribution is 6.02. The van der Waals surface area contributed by atoms with Crippen molar-refractivity contribution >= 4 is 23.2 Å². The average molecular weight is 482 g/mol. The van der Waals surface area contributed by atoms with Gasteiger partial charge in [0, 0.05) is 37.1 Å². The van der Waals surface area contributed by atoms with Gasteiger partial charge in [0.05, 0.1) is 6.26 Å². The molecule has 0 saturated carbocycles. The first-order valence-corrected chi connectivity index (χ1v) is 11.9. The molecule has 0 aliphatic carbocycles. The third kappa shape index (κ3) is 5.75. The van der Waals surface area contributed by atoms with Crippen LogP contribution in [0.25, 0.3) is 0 Å². The highest BCUT2D eigenvalue weighted by Gasteiger charge is 2.18. The second-order valence-electron chi connectivity index (χ2n) is 8.64. The first kappa shape index (κ1) is 23.2. The Labute approximate surface area is 209 Å². The molecule has 5 rings (SSSR count). The molecule has 2 amide bonds. The predicted octanol–water partition coefficient (Wildman–Crippen LogP) is 4.79. The predicted molar refractivity (Wildman–Crippen MR) is 138 cm³/mol. The van der Waals surface area contributed by atoms with Crippen LogP contribution in [0.1, 0.15) is 27.2 Å². The van der Waals surface area contributed by atoms with E-state index in [4.69, 9.17) is 9.15 Å². The van der Waals surface area contributed by atoms with Crippen LogP contribution in [-0.4, -0.2) is 25.0 Å². The van der Waals surface area contributed by atoms with Gasteiger partial charge in [-0.2, -0.15) is 0 Å². The zero-order valence-corrected chi connectivity index (χ0v) is 19.8. The first-order chi connectivity index (χ1) is 17.6. The van der Waals surface area contributed by atoms with Gasteiger partial charge in [-0.25, -0.2) is 0 Å². The number of carbonyl (C=O) groups excluding carboxylic acids is 2. The minimum Gasteiger partial charge on any atom is -0.484 e. The fraction of sp³-hybridized carbons (Fsp3) is 0.172. The maximum Gasteiger partial charge on any atom is 0.291 e. The van der Waals surface area contributed by atoms with Gasteiger partial charge in [0.15, 0.2) is 12.4 Å². The summed E-state index contributed by atoms with van der Waals surface area (Å²) < 4.78 is 10.7. The van der Waals surface area contributed by atoms with Gasteiger partial charge in [0.25, 0.3) is 11.8 Å². The summed E-state index contributed by atoms with van der Waals surface area (Å²) in [7, 11) is 0. The largest absolute Gasteiger partial charge is 0.484 e. The van der Waals surface area contributed by atoms with Crippen molar-refractivity contribution in [2.45, 2.75) is 19.5 Å². The number of hydrogen-bond donors (Lipinski definition) is 2. The lowest BCUT2D eigenvalue weighted by Gasteiger charge is -2.19. The van der Waals surface area contributed by atoms with Gasteiger partial charge in [-0.3, -0.25) is 9.59 Å². The maximum atomic E-state index is 12.3. The van der Waals surface area contributed by atoms with Crippen molar-refractivity contribution in [1.82, 2.24) is 5.32 Å². The van der Waals surface area contributed by atoms with Crippen molar-refractivity contribution in [1.29, 1.82) is 0 Å². The number of furan rings is 1. The molecule has 7 heteroatoms. The summed E-state index contributed by atoms with van der Waals surface area (Å²) in [5.74, 6) is 0.120. The highest BCUT2D eigenvalue weighted by Crippen LogP contribution is 2.28. The fourth-order valence-corrected chi connectivity index (χ4v) is 4.22. The van der Waals surface area contributed by atoms with Gasteiger partial charge in [0.2, 0.25) is 0 Å². The van der Waals surface area contributed by atoms with Gasteiger partial charge >= 0.3 is 0 Å². The molecule has 0 atom stereocenters. The molecule has 36 heavy (non-hydrogen) atoms. The number of fused-ring (bicyclic) bond motifs is 1. The van der Waals surface area contributed by atoms with E-state index in [0.29, 0.717) is 18.0 Å². The zero-order chi connectivity index (χ0) is 24.7. The molecule has 4 aromatic rings. The number of anilines is 2. The van der Waals surface area contributed by atoms with Gasteiger partial charge in [-0.15, -0.1) is 0 Å². The maximum absolute atomic E-state index is 12.3. The molecule has 0 bridgehead atoms. The summed E-state index contributed by atoms with van der Waals surface area (Å²) in [4.78, 5) is 26.8. The summed E-state index contributed by atoms with van der Waals surface area (Å²) in [6.07, 6.45) is 2.53. The van der Waals surface area contributed by atoms with Crippen LogP contribution < -0.4 is 20.3 Å². The van der Waals surface area contributed by atoms with Gasteiger partial charge in [0.1, 0.15) is 5.75 Å². The smallest absolute Gasteiger partial charge is 0.291 e. The summed E-state index contributed by atoms with van der Waals surface area (Å²) in [5.41, 5.74) is 5.54. The molecule has 2 N–H and O–H groups in total. The van der Waals surface area contributed by atoms with Crippen LogP contribution >= 0.6 is 0 Å². The number of nitrogens with zero attached hydrogens (tertiary/aromatic N) is 1. The molecule has 3 aromatic carbocycles. The quantitative estimate of drug-likeness (QED) is 0.359. The van der Waals surface area contributed by atoms with Crippen LogP contribution in [0, 0.1) is 0 Å². The molecule has 0 spiro atoms. The molecule has 0 unspecified atom stereocenters. The van der Waals surface area contributed by atoms with E-state index >= 15 is 0 Å². The van der Waals surface area contributed by atoms with E-state index in [2.05, 4.69) is 51.9 Å². The number of nitrogens with one attached hydrogen (secondary N) is 2. The van der Waals surface area contributed by atoms with Crippen LogP contribution in [0.3, 0.4) is 0 Å². The van der Waals surface area contributed by atoms with Crippen molar-refractivity contribution in [2.75, 3.05) is 23.4 Å². The molecule has 1 aromatic heterocycles. The first-order valence-electron chi connectivity index (χ1n) is 11.9. The molecule has 1 aliphatic rings. The third-order valence-corrected chi connectivity index (χ3v) is 6.08.